The summed E-state index contributed by atoms with van der Waals surface area (Å²) in [4.78, 5) is 33.8. The summed E-state index contributed by atoms with van der Waals surface area (Å²) in [5, 5.41) is 10.3. The molecule has 37 heavy (non-hydrogen) atoms. The number of ether oxygens (including phenoxy) is 2. The molecule has 8 nitrogen and oxygen atoms in total. The highest BCUT2D eigenvalue weighted by Gasteiger charge is 2.48. The van der Waals surface area contributed by atoms with E-state index in [2.05, 4.69) is 0 Å². The Bertz CT molecular complexity index is 1430. The number of anilines is 1. The molecule has 5 rings (SSSR count). The first-order valence-corrected chi connectivity index (χ1v) is 12.5. The largest absolute Gasteiger partial charge is 0.504 e. The van der Waals surface area contributed by atoms with E-state index in [4.69, 9.17) is 14.5 Å². The number of phenols is 1. The van der Waals surface area contributed by atoms with Gasteiger partial charge in [-0.15, -0.1) is 0 Å². The van der Waals surface area contributed by atoms with Crippen molar-refractivity contribution in [2.45, 2.75) is 26.3 Å². The molecule has 1 aliphatic rings. The molecular formula is C29H29N3O5. The monoisotopic (exact) mass is 499 g/mol. The molecule has 0 unspecified atom stereocenters. The summed E-state index contributed by atoms with van der Waals surface area (Å²) in [6, 6.07) is 21.7. The number of phenolic OH excluding ortho intramolecular Hbond substituents is 1. The highest BCUT2D eigenvalue weighted by molar-refractivity contribution is 6.08. The van der Waals surface area contributed by atoms with Crippen LogP contribution in [0.1, 0.15) is 31.0 Å². The zero-order valence-corrected chi connectivity index (χ0v) is 20.8. The number of carbonyl (C=O) groups is 2. The number of amides is 1. The average Bonchev–Trinajstić information content (AvgIpc) is 3.29. The molecule has 1 aromatic heterocycles. The summed E-state index contributed by atoms with van der Waals surface area (Å²) in [6.45, 7) is 4.41. The maximum absolute atomic E-state index is 14.1. The number of esters is 1. The van der Waals surface area contributed by atoms with Crippen molar-refractivity contribution in [1.29, 1.82) is 0 Å². The lowest BCUT2D eigenvalue weighted by Gasteiger charge is -2.38. The molecule has 0 saturated carbocycles. The normalized spacial score (nSPS) is 17.0. The quantitative estimate of drug-likeness (QED) is 0.283. The van der Waals surface area contributed by atoms with Gasteiger partial charge in [0.05, 0.1) is 30.3 Å². The molecule has 3 aromatic carbocycles. The molecule has 1 aliphatic heterocycles. The number of aromatic nitrogens is 2. The molecule has 190 valence electrons. The first kappa shape index (κ1) is 24.4. The molecule has 1 amide bonds. The Morgan fingerprint density at radius 2 is 1.76 bits per heavy atom. The van der Waals surface area contributed by atoms with E-state index in [1.807, 2.05) is 66.1 Å². The molecule has 4 aromatic rings. The first-order chi connectivity index (χ1) is 18.0. The maximum atomic E-state index is 14.1. The second kappa shape index (κ2) is 10.3. The number of para-hydroxylation sites is 2. The van der Waals surface area contributed by atoms with E-state index in [0.29, 0.717) is 36.6 Å². The lowest BCUT2D eigenvalue weighted by atomic mass is 9.89. The molecule has 0 spiro atoms. The van der Waals surface area contributed by atoms with Crippen LogP contribution in [-0.4, -0.2) is 46.3 Å². The van der Waals surface area contributed by atoms with Gasteiger partial charge in [-0.2, -0.15) is 0 Å². The number of hydrogen-bond donors (Lipinski definition) is 1. The van der Waals surface area contributed by atoms with Gasteiger partial charge in [0.2, 0.25) is 11.9 Å². The number of rotatable bonds is 8. The van der Waals surface area contributed by atoms with Gasteiger partial charge in [0.1, 0.15) is 0 Å². The third-order valence-electron chi connectivity index (χ3n) is 6.58. The third kappa shape index (κ3) is 4.50. The van der Waals surface area contributed by atoms with E-state index in [0.717, 1.165) is 11.1 Å². The van der Waals surface area contributed by atoms with Crippen LogP contribution < -0.4 is 9.64 Å². The summed E-state index contributed by atoms with van der Waals surface area (Å²) in [7, 11) is 0. The lowest BCUT2D eigenvalue weighted by Crippen LogP contribution is -2.50. The van der Waals surface area contributed by atoms with Crippen molar-refractivity contribution in [1.82, 2.24) is 9.55 Å². The van der Waals surface area contributed by atoms with Gasteiger partial charge in [0.25, 0.3) is 0 Å². The molecule has 8 heteroatoms. The highest BCUT2D eigenvalue weighted by atomic mass is 16.5. The number of hydrogen-bond acceptors (Lipinski definition) is 6. The maximum Gasteiger partial charge on any atom is 0.321 e. The summed E-state index contributed by atoms with van der Waals surface area (Å²) < 4.78 is 13.0. The SMILES string of the molecule is CCOC(=O)[C@H]1C(=O)N(CCc2ccccc2)c2nc3ccccc3n2[C@H]1c1ccc(O)c(OCC)c1. The predicted octanol–water partition coefficient (Wildman–Crippen LogP) is 4.50. The Labute approximate surface area is 215 Å². The third-order valence-corrected chi connectivity index (χ3v) is 6.58. The number of carbonyl (C=O) groups excluding carboxylic acids is 2. The molecule has 0 bridgehead atoms. The van der Waals surface area contributed by atoms with Crippen molar-refractivity contribution in [2.24, 2.45) is 5.92 Å². The first-order valence-electron chi connectivity index (χ1n) is 12.5. The van der Waals surface area contributed by atoms with Gasteiger partial charge < -0.3 is 19.1 Å². The Morgan fingerprint density at radius 1 is 1.00 bits per heavy atom. The van der Waals surface area contributed by atoms with Gasteiger partial charge in [-0.25, -0.2) is 4.98 Å². The number of imidazole rings is 1. The van der Waals surface area contributed by atoms with Gasteiger partial charge in [0.15, 0.2) is 17.4 Å². The van der Waals surface area contributed by atoms with Gasteiger partial charge >= 0.3 is 5.97 Å². The molecule has 0 aliphatic carbocycles. The van der Waals surface area contributed by atoms with Gasteiger partial charge in [-0.05, 0) is 55.7 Å². The van der Waals surface area contributed by atoms with Crippen LogP contribution in [0, 0.1) is 5.92 Å². The van der Waals surface area contributed by atoms with Gasteiger partial charge in [-0.3, -0.25) is 14.5 Å². The fraction of sp³-hybridized carbons (Fsp3) is 0.276. The van der Waals surface area contributed by atoms with Crippen LogP contribution in [0.3, 0.4) is 0 Å². The smallest absolute Gasteiger partial charge is 0.321 e. The molecule has 1 N–H and O–H groups in total. The van der Waals surface area contributed by atoms with Crippen molar-refractivity contribution in [3.05, 3.63) is 83.9 Å². The minimum atomic E-state index is -1.14. The Hall–Kier alpha value is -4.33. The zero-order valence-electron chi connectivity index (χ0n) is 20.8. The van der Waals surface area contributed by atoms with Crippen LogP contribution in [0.4, 0.5) is 5.95 Å². The highest BCUT2D eigenvalue weighted by Crippen LogP contribution is 2.43. The van der Waals surface area contributed by atoms with Crippen molar-refractivity contribution in [2.75, 3.05) is 24.7 Å². The van der Waals surface area contributed by atoms with Gasteiger partial charge in [-0.1, -0.05) is 48.5 Å². The van der Waals surface area contributed by atoms with Crippen LogP contribution >= 0.6 is 0 Å². The molecule has 0 fully saturated rings. The second-order valence-corrected chi connectivity index (χ2v) is 8.83. The van der Waals surface area contributed by atoms with Crippen molar-refractivity contribution < 1.29 is 24.2 Å². The van der Waals surface area contributed by atoms with Crippen molar-refractivity contribution in [3.63, 3.8) is 0 Å². The van der Waals surface area contributed by atoms with E-state index in [1.54, 1.807) is 24.0 Å². The average molecular weight is 500 g/mol. The van der Waals surface area contributed by atoms with Crippen molar-refractivity contribution >= 4 is 28.9 Å². The summed E-state index contributed by atoms with van der Waals surface area (Å²) in [5.41, 5.74) is 3.22. The predicted molar refractivity (Wildman–Crippen MR) is 140 cm³/mol. The number of benzene rings is 3. The number of aromatic hydroxyl groups is 1. The standard InChI is InChI=1S/C29H29N3O5/c1-3-36-24-18-20(14-15-23(24)33)26-25(28(35)37-4-2)27(34)31(17-16-19-10-6-5-7-11-19)29-30-21-12-8-9-13-22(21)32(26)29/h5-15,18,25-26,33H,3-4,16-17H2,1-2H3/t25-,26+/m1/s1. The second-order valence-electron chi connectivity index (χ2n) is 8.83. The van der Waals surface area contributed by atoms with Crippen molar-refractivity contribution in [3.8, 4) is 11.5 Å². The van der Waals surface area contributed by atoms with E-state index >= 15 is 0 Å². The summed E-state index contributed by atoms with van der Waals surface area (Å²) in [5.74, 6) is -1.36. The van der Waals surface area contributed by atoms with E-state index in [9.17, 15) is 14.7 Å². The van der Waals surface area contributed by atoms with Crippen LogP contribution in [-0.2, 0) is 20.7 Å². The molecule has 2 atom stereocenters. The fourth-order valence-electron chi connectivity index (χ4n) is 4.93. The van der Waals surface area contributed by atoms with E-state index in [-0.39, 0.29) is 24.0 Å². The zero-order chi connectivity index (χ0) is 25.9. The van der Waals surface area contributed by atoms with E-state index < -0.39 is 17.9 Å². The van der Waals surface area contributed by atoms with Gasteiger partial charge in [0, 0.05) is 6.54 Å². The minimum Gasteiger partial charge on any atom is -0.504 e. The van der Waals surface area contributed by atoms with Crippen LogP contribution in [0.5, 0.6) is 11.5 Å². The fourth-order valence-corrected chi connectivity index (χ4v) is 4.93. The Morgan fingerprint density at radius 3 is 2.51 bits per heavy atom. The van der Waals surface area contributed by atoms with Crippen LogP contribution in [0.2, 0.25) is 0 Å². The lowest BCUT2D eigenvalue weighted by molar-refractivity contribution is -0.153. The Balaban J connectivity index is 1.69. The molecular weight excluding hydrogens is 470 g/mol. The minimum absolute atomic E-state index is 0.0133. The summed E-state index contributed by atoms with van der Waals surface area (Å²) >= 11 is 0. The van der Waals surface area contributed by atoms with Crippen LogP contribution in [0.15, 0.2) is 72.8 Å². The molecule has 0 saturated heterocycles. The van der Waals surface area contributed by atoms with E-state index in [1.165, 1.54) is 6.07 Å². The molecule has 0 radical (unpaired) electrons. The Kier molecular flexibility index (Phi) is 6.81. The molecule has 2 heterocycles. The van der Waals surface area contributed by atoms with Crippen LogP contribution in [0.25, 0.3) is 11.0 Å². The topological polar surface area (TPSA) is 93.9 Å². The number of fused-ring (bicyclic) bond motifs is 3. The summed E-state index contributed by atoms with van der Waals surface area (Å²) in [6.07, 6.45) is 0.601. The number of nitrogens with zero attached hydrogens (tertiary/aromatic N) is 3.